The first-order valence-corrected chi connectivity index (χ1v) is 10.1. The summed E-state index contributed by atoms with van der Waals surface area (Å²) in [5.74, 6) is -0.168. The van der Waals surface area contributed by atoms with Crippen LogP contribution in [-0.2, 0) is 0 Å². The molecule has 0 aliphatic rings. The lowest BCUT2D eigenvalue weighted by Crippen LogP contribution is -2.11. The number of nitro groups is 1. The van der Waals surface area contributed by atoms with Gasteiger partial charge < -0.3 is 10.6 Å². The van der Waals surface area contributed by atoms with Crippen LogP contribution in [0.3, 0.4) is 0 Å². The average molecular weight is 431 g/mol. The standard InChI is InChI=1S/C22H17N5O3S/c1-14-2-4-15(5-3-14)20(28)23-17-8-6-16(7-9-17)21-25-26-22(31-21)24-18-10-12-19(13-11-18)27(29)30/h2-13H,1H3,(H,23,28)(H,24,26). The van der Waals surface area contributed by atoms with Crippen molar-refractivity contribution in [2.75, 3.05) is 10.6 Å². The third-order valence-corrected chi connectivity index (χ3v) is 5.35. The first-order chi connectivity index (χ1) is 15.0. The number of aromatic nitrogens is 2. The molecule has 2 N–H and O–H groups in total. The zero-order chi connectivity index (χ0) is 21.8. The van der Waals surface area contributed by atoms with E-state index in [1.807, 2.05) is 43.3 Å². The lowest BCUT2D eigenvalue weighted by molar-refractivity contribution is -0.384. The van der Waals surface area contributed by atoms with Crippen LogP contribution in [0.15, 0.2) is 72.8 Å². The van der Waals surface area contributed by atoms with Crippen molar-refractivity contribution in [1.29, 1.82) is 0 Å². The number of hydrogen-bond donors (Lipinski definition) is 2. The number of anilines is 3. The fourth-order valence-corrected chi connectivity index (χ4v) is 3.55. The number of carbonyl (C=O) groups is 1. The summed E-state index contributed by atoms with van der Waals surface area (Å²) in [7, 11) is 0. The third kappa shape index (κ3) is 4.90. The maximum absolute atomic E-state index is 12.3. The Hall–Kier alpha value is -4.11. The van der Waals surface area contributed by atoms with E-state index in [2.05, 4.69) is 20.8 Å². The number of amides is 1. The van der Waals surface area contributed by atoms with Crippen LogP contribution >= 0.6 is 11.3 Å². The molecule has 0 aliphatic carbocycles. The molecule has 0 radical (unpaired) electrons. The van der Waals surface area contributed by atoms with Crippen LogP contribution in [0.1, 0.15) is 15.9 Å². The van der Waals surface area contributed by atoms with E-state index in [1.54, 1.807) is 24.3 Å². The van der Waals surface area contributed by atoms with E-state index >= 15 is 0 Å². The topological polar surface area (TPSA) is 110 Å². The number of aryl methyl sites for hydroxylation is 1. The highest BCUT2D eigenvalue weighted by Crippen LogP contribution is 2.29. The Bertz CT molecular complexity index is 1220. The normalized spacial score (nSPS) is 10.5. The van der Waals surface area contributed by atoms with Crippen molar-refractivity contribution in [3.8, 4) is 10.6 Å². The first kappa shape index (κ1) is 20.2. The molecule has 1 amide bonds. The molecular weight excluding hydrogens is 414 g/mol. The lowest BCUT2D eigenvalue weighted by atomic mass is 10.1. The number of nitro benzene ring substituents is 1. The predicted molar refractivity (Wildman–Crippen MR) is 121 cm³/mol. The summed E-state index contributed by atoms with van der Waals surface area (Å²) in [6.07, 6.45) is 0. The van der Waals surface area contributed by atoms with Gasteiger partial charge in [0.1, 0.15) is 5.01 Å². The molecule has 3 aromatic carbocycles. The van der Waals surface area contributed by atoms with Crippen molar-refractivity contribution in [2.45, 2.75) is 6.92 Å². The molecule has 1 aromatic heterocycles. The van der Waals surface area contributed by atoms with Crippen LogP contribution in [0.2, 0.25) is 0 Å². The van der Waals surface area contributed by atoms with Gasteiger partial charge in [0.25, 0.3) is 11.6 Å². The molecule has 8 nitrogen and oxygen atoms in total. The number of hydrogen-bond acceptors (Lipinski definition) is 7. The second-order valence-corrected chi connectivity index (χ2v) is 7.72. The fourth-order valence-electron chi connectivity index (χ4n) is 2.78. The molecule has 0 aliphatic heterocycles. The first-order valence-electron chi connectivity index (χ1n) is 9.31. The van der Waals surface area contributed by atoms with E-state index in [4.69, 9.17) is 0 Å². The van der Waals surface area contributed by atoms with Gasteiger partial charge in [-0.3, -0.25) is 14.9 Å². The molecule has 4 rings (SSSR count). The van der Waals surface area contributed by atoms with Gasteiger partial charge in [-0.25, -0.2) is 0 Å². The molecule has 0 saturated carbocycles. The Kier molecular flexibility index (Phi) is 5.67. The largest absolute Gasteiger partial charge is 0.330 e. The van der Waals surface area contributed by atoms with E-state index in [-0.39, 0.29) is 11.6 Å². The van der Waals surface area contributed by atoms with Gasteiger partial charge in [-0.05, 0) is 55.5 Å². The molecule has 0 atom stereocenters. The van der Waals surface area contributed by atoms with Crippen molar-refractivity contribution in [3.63, 3.8) is 0 Å². The summed E-state index contributed by atoms with van der Waals surface area (Å²) in [4.78, 5) is 22.6. The molecular formula is C22H17N5O3S. The van der Waals surface area contributed by atoms with Gasteiger partial charge in [0.05, 0.1) is 4.92 Å². The summed E-state index contributed by atoms with van der Waals surface area (Å²) in [6.45, 7) is 1.97. The quantitative estimate of drug-likeness (QED) is 0.312. The molecule has 1 heterocycles. The summed E-state index contributed by atoms with van der Waals surface area (Å²) < 4.78 is 0. The minimum Gasteiger partial charge on any atom is -0.330 e. The monoisotopic (exact) mass is 431 g/mol. The SMILES string of the molecule is Cc1ccc(C(=O)Nc2ccc(-c3nnc(Nc4ccc([N+](=O)[O-])cc4)s3)cc2)cc1. The maximum Gasteiger partial charge on any atom is 0.269 e. The highest BCUT2D eigenvalue weighted by molar-refractivity contribution is 7.18. The van der Waals surface area contributed by atoms with Crippen LogP contribution in [0, 0.1) is 17.0 Å². The second-order valence-electron chi connectivity index (χ2n) is 6.74. The van der Waals surface area contributed by atoms with E-state index < -0.39 is 4.92 Å². The Morgan fingerprint density at radius 3 is 2.19 bits per heavy atom. The summed E-state index contributed by atoms with van der Waals surface area (Å²) in [6, 6.07) is 20.8. The highest BCUT2D eigenvalue weighted by atomic mass is 32.1. The second kappa shape index (κ2) is 8.72. The van der Waals surface area contributed by atoms with Gasteiger partial charge in [-0.1, -0.05) is 29.0 Å². The molecule has 0 fully saturated rings. The van der Waals surface area contributed by atoms with Crippen molar-refractivity contribution in [1.82, 2.24) is 10.2 Å². The van der Waals surface area contributed by atoms with E-state index in [9.17, 15) is 14.9 Å². The van der Waals surface area contributed by atoms with Gasteiger partial charge >= 0.3 is 0 Å². The smallest absolute Gasteiger partial charge is 0.269 e. The van der Waals surface area contributed by atoms with Gasteiger partial charge in [-0.15, -0.1) is 10.2 Å². The van der Waals surface area contributed by atoms with Crippen LogP contribution in [0.4, 0.5) is 22.2 Å². The number of nitrogens with one attached hydrogen (secondary N) is 2. The molecule has 0 bridgehead atoms. The average Bonchev–Trinajstić information content (AvgIpc) is 3.23. The van der Waals surface area contributed by atoms with Gasteiger partial charge in [-0.2, -0.15) is 0 Å². The Morgan fingerprint density at radius 1 is 0.903 bits per heavy atom. The van der Waals surface area contributed by atoms with Crippen LogP contribution < -0.4 is 10.6 Å². The number of non-ortho nitro benzene ring substituents is 1. The fraction of sp³-hybridized carbons (Fsp3) is 0.0455. The number of nitrogens with zero attached hydrogens (tertiary/aromatic N) is 3. The van der Waals surface area contributed by atoms with Crippen LogP contribution in [-0.4, -0.2) is 21.0 Å². The molecule has 4 aromatic rings. The lowest BCUT2D eigenvalue weighted by Gasteiger charge is -2.06. The minimum absolute atomic E-state index is 0.0260. The minimum atomic E-state index is -0.445. The summed E-state index contributed by atoms with van der Waals surface area (Å²) in [5.41, 5.74) is 3.95. The van der Waals surface area contributed by atoms with E-state index in [0.29, 0.717) is 27.1 Å². The van der Waals surface area contributed by atoms with Crippen molar-refractivity contribution in [3.05, 3.63) is 94.0 Å². The highest BCUT2D eigenvalue weighted by Gasteiger charge is 2.10. The number of rotatable bonds is 6. The third-order valence-electron chi connectivity index (χ3n) is 4.46. The Labute approximate surface area is 181 Å². The molecule has 0 saturated heterocycles. The molecule has 0 unspecified atom stereocenters. The number of carbonyl (C=O) groups excluding carboxylic acids is 1. The van der Waals surface area contributed by atoms with Gasteiger partial charge in [0, 0.05) is 34.6 Å². The summed E-state index contributed by atoms with van der Waals surface area (Å²) >= 11 is 1.35. The van der Waals surface area contributed by atoms with Crippen molar-refractivity contribution < 1.29 is 9.72 Å². The predicted octanol–water partition coefficient (Wildman–Crippen LogP) is 5.42. The van der Waals surface area contributed by atoms with Crippen LogP contribution in [0.5, 0.6) is 0 Å². The molecule has 9 heteroatoms. The Morgan fingerprint density at radius 2 is 1.55 bits per heavy atom. The van der Waals surface area contributed by atoms with Gasteiger partial charge in [0.15, 0.2) is 0 Å². The zero-order valence-electron chi connectivity index (χ0n) is 16.4. The molecule has 154 valence electrons. The van der Waals surface area contributed by atoms with E-state index in [1.165, 1.54) is 23.5 Å². The van der Waals surface area contributed by atoms with Gasteiger partial charge in [0.2, 0.25) is 5.13 Å². The van der Waals surface area contributed by atoms with Crippen molar-refractivity contribution >= 4 is 39.4 Å². The maximum atomic E-state index is 12.3. The zero-order valence-corrected chi connectivity index (χ0v) is 17.2. The van der Waals surface area contributed by atoms with E-state index in [0.717, 1.165) is 11.1 Å². The number of benzene rings is 3. The summed E-state index contributed by atoms with van der Waals surface area (Å²) in [5, 5.41) is 26.3. The van der Waals surface area contributed by atoms with Crippen LogP contribution in [0.25, 0.3) is 10.6 Å². The molecule has 31 heavy (non-hydrogen) atoms. The van der Waals surface area contributed by atoms with Crippen molar-refractivity contribution in [2.24, 2.45) is 0 Å². The Balaban J connectivity index is 1.41. The molecule has 0 spiro atoms.